The molecule has 0 spiro atoms. The molecule has 0 aliphatic carbocycles. The molecule has 2 aromatic carbocycles. The van der Waals surface area contributed by atoms with Crippen LogP contribution in [-0.4, -0.2) is 55.1 Å². The van der Waals surface area contributed by atoms with E-state index in [0.29, 0.717) is 13.2 Å². The minimum absolute atomic E-state index is 0.276. The van der Waals surface area contributed by atoms with Gasteiger partial charge in [-0.1, -0.05) is 57.9 Å². The van der Waals surface area contributed by atoms with Crippen LogP contribution in [0.25, 0.3) is 0 Å². The fourth-order valence-corrected chi connectivity index (χ4v) is 4.86. The standard InChI is InChI=1S/C24H29BrN2O2/c1-19-3-2-4-20(17-19)18-26-11-13-27(14-12-26)23(28)24(9-15-29-16-10-24)21-5-7-22(25)8-6-21/h2-8,17H,9-16,18H2,1H3. The molecule has 0 radical (unpaired) electrons. The molecular weight excluding hydrogens is 428 g/mol. The monoisotopic (exact) mass is 456 g/mol. The SMILES string of the molecule is Cc1cccc(CN2CCN(C(=O)C3(c4ccc(Br)cc4)CCOCC3)CC2)c1. The highest BCUT2D eigenvalue weighted by atomic mass is 79.9. The smallest absolute Gasteiger partial charge is 0.233 e. The topological polar surface area (TPSA) is 32.8 Å². The lowest BCUT2D eigenvalue weighted by Gasteiger charge is -2.43. The van der Waals surface area contributed by atoms with Crippen LogP contribution in [0, 0.1) is 6.92 Å². The Balaban J connectivity index is 1.45. The number of carbonyl (C=O) groups is 1. The van der Waals surface area contributed by atoms with Crippen molar-refractivity contribution in [2.24, 2.45) is 0 Å². The highest BCUT2D eigenvalue weighted by Gasteiger charge is 2.44. The van der Waals surface area contributed by atoms with Crippen molar-refractivity contribution in [3.8, 4) is 0 Å². The van der Waals surface area contributed by atoms with Crippen LogP contribution in [0.3, 0.4) is 0 Å². The van der Waals surface area contributed by atoms with Crippen LogP contribution < -0.4 is 0 Å². The minimum Gasteiger partial charge on any atom is -0.381 e. The zero-order valence-corrected chi connectivity index (χ0v) is 18.7. The molecule has 0 saturated carbocycles. The molecule has 29 heavy (non-hydrogen) atoms. The zero-order chi connectivity index (χ0) is 20.3. The number of benzene rings is 2. The van der Waals surface area contributed by atoms with Crippen LogP contribution in [0.2, 0.25) is 0 Å². The summed E-state index contributed by atoms with van der Waals surface area (Å²) in [7, 11) is 0. The Kier molecular flexibility index (Phi) is 6.38. The van der Waals surface area contributed by atoms with Gasteiger partial charge in [0.15, 0.2) is 0 Å². The van der Waals surface area contributed by atoms with Gasteiger partial charge in [-0.15, -0.1) is 0 Å². The van der Waals surface area contributed by atoms with Gasteiger partial charge in [-0.05, 0) is 43.0 Å². The van der Waals surface area contributed by atoms with Gasteiger partial charge in [0.1, 0.15) is 0 Å². The van der Waals surface area contributed by atoms with E-state index < -0.39 is 5.41 Å². The van der Waals surface area contributed by atoms with Crippen LogP contribution >= 0.6 is 15.9 Å². The van der Waals surface area contributed by atoms with Crippen molar-refractivity contribution in [3.05, 3.63) is 69.7 Å². The number of hydrogen-bond donors (Lipinski definition) is 0. The minimum atomic E-state index is -0.447. The lowest BCUT2D eigenvalue weighted by Crippen LogP contribution is -2.55. The van der Waals surface area contributed by atoms with Gasteiger partial charge in [-0.25, -0.2) is 0 Å². The number of nitrogens with zero attached hydrogens (tertiary/aromatic N) is 2. The van der Waals surface area contributed by atoms with Crippen molar-refractivity contribution >= 4 is 21.8 Å². The summed E-state index contributed by atoms with van der Waals surface area (Å²) in [6, 6.07) is 17.0. The van der Waals surface area contributed by atoms with Gasteiger partial charge in [0.25, 0.3) is 0 Å². The molecule has 4 rings (SSSR count). The fourth-order valence-electron chi connectivity index (χ4n) is 4.60. The summed E-state index contributed by atoms with van der Waals surface area (Å²) < 4.78 is 6.65. The molecule has 2 saturated heterocycles. The third kappa shape index (κ3) is 4.57. The van der Waals surface area contributed by atoms with Crippen LogP contribution in [0.1, 0.15) is 29.5 Å². The molecule has 0 bridgehead atoms. The molecule has 2 heterocycles. The maximum absolute atomic E-state index is 13.7. The summed E-state index contributed by atoms with van der Waals surface area (Å²) in [6.45, 7) is 7.82. The Morgan fingerprint density at radius 3 is 2.38 bits per heavy atom. The van der Waals surface area contributed by atoms with E-state index in [0.717, 1.165) is 55.6 Å². The molecule has 0 atom stereocenters. The second-order valence-electron chi connectivity index (χ2n) is 8.26. The maximum atomic E-state index is 13.7. The van der Waals surface area contributed by atoms with Gasteiger partial charge in [0, 0.05) is 50.4 Å². The molecule has 0 N–H and O–H groups in total. The van der Waals surface area contributed by atoms with Crippen LogP contribution in [-0.2, 0) is 21.5 Å². The Morgan fingerprint density at radius 2 is 1.72 bits per heavy atom. The predicted octanol–water partition coefficient (Wildman–Crippen LogP) is 4.15. The average Bonchev–Trinajstić information content (AvgIpc) is 2.75. The molecule has 1 amide bonds. The maximum Gasteiger partial charge on any atom is 0.233 e. The fraction of sp³-hybridized carbons (Fsp3) is 0.458. The summed E-state index contributed by atoms with van der Waals surface area (Å²) in [6.07, 6.45) is 1.52. The normalized spacial score (nSPS) is 19.9. The van der Waals surface area contributed by atoms with Gasteiger partial charge in [-0.2, -0.15) is 0 Å². The summed E-state index contributed by atoms with van der Waals surface area (Å²) in [5.41, 5.74) is 3.32. The van der Waals surface area contributed by atoms with Gasteiger partial charge < -0.3 is 9.64 Å². The summed E-state index contributed by atoms with van der Waals surface area (Å²) in [5.74, 6) is 0.276. The van der Waals surface area contributed by atoms with Gasteiger partial charge in [0.05, 0.1) is 5.41 Å². The first-order valence-electron chi connectivity index (χ1n) is 10.5. The quantitative estimate of drug-likeness (QED) is 0.692. The molecular formula is C24H29BrN2O2. The number of amides is 1. The number of halogens is 1. The first-order chi connectivity index (χ1) is 14.1. The Labute approximate surface area is 182 Å². The Morgan fingerprint density at radius 1 is 1.03 bits per heavy atom. The largest absolute Gasteiger partial charge is 0.381 e. The molecule has 154 valence electrons. The molecule has 0 unspecified atom stereocenters. The molecule has 2 fully saturated rings. The molecule has 0 aromatic heterocycles. The predicted molar refractivity (Wildman–Crippen MR) is 119 cm³/mol. The highest BCUT2D eigenvalue weighted by molar-refractivity contribution is 9.10. The second kappa shape index (κ2) is 8.99. The Bertz CT molecular complexity index is 838. The number of carbonyl (C=O) groups excluding carboxylic acids is 1. The summed E-state index contributed by atoms with van der Waals surface area (Å²) >= 11 is 3.51. The van der Waals surface area contributed by atoms with Crippen molar-refractivity contribution in [2.45, 2.75) is 31.7 Å². The first kappa shape index (κ1) is 20.6. The number of aryl methyl sites for hydroxylation is 1. The van der Waals surface area contributed by atoms with Crippen LogP contribution in [0.4, 0.5) is 0 Å². The summed E-state index contributed by atoms with van der Waals surface area (Å²) in [5, 5.41) is 0. The van der Waals surface area contributed by atoms with Crippen molar-refractivity contribution in [1.82, 2.24) is 9.80 Å². The van der Waals surface area contributed by atoms with E-state index in [-0.39, 0.29) is 5.91 Å². The van der Waals surface area contributed by atoms with Gasteiger partial charge in [-0.3, -0.25) is 9.69 Å². The number of piperazine rings is 1. The average molecular weight is 457 g/mol. The van der Waals surface area contributed by atoms with E-state index in [2.05, 4.69) is 69.1 Å². The molecule has 5 heteroatoms. The van der Waals surface area contributed by atoms with Crippen molar-refractivity contribution in [1.29, 1.82) is 0 Å². The third-order valence-electron chi connectivity index (χ3n) is 6.30. The summed E-state index contributed by atoms with van der Waals surface area (Å²) in [4.78, 5) is 18.2. The number of hydrogen-bond acceptors (Lipinski definition) is 3. The van der Waals surface area contributed by atoms with Crippen molar-refractivity contribution < 1.29 is 9.53 Å². The number of rotatable bonds is 4. The van der Waals surface area contributed by atoms with E-state index >= 15 is 0 Å². The van der Waals surface area contributed by atoms with Crippen LogP contribution in [0.5, 0.6) is 0 Å². The highest BCUT2D eigenvalue weighted by Crippen LogP contribution is 2.37. The van der Waals surface area contributed by atoms with E-state index in [1.807, 2.05) is 12.1 Å². The lowest BCUT2D eigenvalue weighted by molar-refractivity contribution is -0.143. The van der Waals surface area contributed by atoms with Crippen molar-refractivity contribution in [2.75, 3.05) is 39.4 Å². The van der Waals surface area contributed by atoms with Crippen molar-refractivity contribution in [3.63, 3.8) is 0 Å². The van der Waals surface area contributed by atoms with E-state index in [1.54, 1.807) is 0 Å². The zero-order valence-electron chi connectivity index (χ0n) is 17.1. The second-order valence-corrected chi connectivity index (χ2v) is 9.17. The number of ether oxygens (including phenoxy) is 1. The molecule has 2 aromatic rings. The molecule has 2 aliphatic rings. The molecule has 2 aliphatic heterocycles. The van der Waals surface area contributed by atoms with Gasteiger partial charge >= 0.3 is 0 Å². The van der Waals surface area contributed by atoms with E-state index in [4.69, 9.17) is 4.74 Å². The lowest BCUT2D eigenvalue weighted by atomic mass is 9.73. The van der Waals surface area contributed by atoms with E-state index in [9.17, 15) is 4.79 Å². The first-order valence-corrected chi connectivity index (χ1v) is 11.3. The molecule has 4 nitrogen and oxygen atoms in total. The Hall–Kier alpha value is -1.69. The van der Waals surface area contributed by atoms with Gasteiger partial charge in [0.2, 0.25) is 5.91 Å². The van der Waals surface area contributed by atoms with Crippen LogP contribution in [0.15, 0.2) is 53.0 Å². The third-order valence-corrected chi connectivity index (χ3v) is 6.83. The van der Waals surface area contributed by atoms with E-state index in [1.165, 1.54) is 11.1 Å².